The van der Waals surface area contributed by atoms with E-state index in [1.54, 1.807) is 6.20 Å². The van der Waals surface area contributed by atoms with E-state index in [0.29, 0.717) is 17.4 Å². The standard InChI is InChI=1S/C25H16N4O/c1-15-23-18-7-3-2-6-16(18)10-11-20(23)28-24(27-15)17-12-13-26-21(14-17)25-29-19-8-4-5-9-22(19)30-25/h2-14H,1H3. The second-order valence-corrected chi connectivity index (χ2v) is 7.23. The molecule has 0 N–H and O–H groups in total. The molecule has 0 saturated heterocycles. The van der Waals surface area contributed by atoms with Gasteiger partial charge in [0.25, 0.3) is 0 Å². The highest BCUT2D eigenvalue weighted by molar-refractivity contribution is 6.07. The van der Waals surface area contributed by atoms with Gasteiger partial charge >= 0.3 is 0 Å². The second-order valence-electron chi connectivity index (χ2n) is 7.23. The summed E-state index contributed by atoms with van der Waals surface area (Å²) < 4.78 is 5.87. The summed E-state index contributed by atoms with van der Waals surface area (Å²) in [5, 5.41) is 3.44. The quantitative estimate of drug-likeness (QED) is 0.342. The van der Waals surface area contributed by atoms with E-state index in [-0.39, 0.29) is 0 Å². The van der Waals surface area contributed by atoms with Crippen molar-refractivity contribution < 1.29 is 4.42 Å². The topological polar surface area (TPSA) is 64.7 Å². The van der Waals surface area contributed by atoms with Crippen molar-refractivity contribution in [2.24, 2.45) is 0 Å². The van der Waals surface area contributed by atoms with E-state index in [0.717, 1.165) is 33.3 Å². The highest BCUT2D eigenvalue weighted by Crippen LogP contribution is 2.30. The lowest BCUT2D eigenvalue weighted by Gasteiger charge is -2.09. The van der Waals surface area contributed by atoms with Crippen LogP contribution in [0.4, 0.5) is 0 Å². The Kier molecular flexibility index (Phi) is 3.62. The smallest absolute Gasteiger partial charge is 0.246 e. The summed E-state index contributed by atoms with van der Waals surface area (Å²) in [5.74, 6) is 1.15. The summed E-state index contributed by atoms with van der Waals surface area (Å²) in [7, 11) is 0. The summed E-state index contributed by atoms with van der Waals surface area (Å²) in [6.45, 7) is 2.03. The van der Waals surface area contributed by atoms with Crippen molar-refractivity contribution in [2.75, 3.05) is 0 Å². The SMILES string of the molecule is Cc1nc(-c2ccnc(-c3nc4ccccc4o3)c2)nc2ccc3ccccc3c12. The molecule has 6 rings (SSSR count). The molecular weight excluding hydrogens is 372 g/mol. The van der Waals surface area contributed by atoms with E-state index in [2.05, 4.69) is 34.2 Å². The van der Waals surface area contributed by atoms with Crippen LogP contribution in [-0.2, 0) is 0 Å². The van der Waals surface area contributed by atoms with Gasteiger partial charge in [-0.3, -0.25) is 4.98 Å². The van der Waals surface area contributed by atoms with E-state index >= 15 is 0 Å². The molecule has 0 saturated carbocycles. The van der Waals surface area contributed by atoms with Gasteiger partial charge in [-0.25, -0.2) is 15.0 Å². The zero-order chi connectivity index (χ0) is 20.1. The molecule has 0 unspecified atom stereocenters. The Bertz CT molecular complexity index is 1540. The van der Waals surface area contributed by atoms with Crippen molar-refractivity contribution in [2.45, 2.75) is 6.92 Å². The summed E-state index contributed by atoms with van der Waals surface area (Å²) in [5.41, 5.74) is 4.96. The number of rotatable bonds is 2. The van der Waals surface area contributed by atoms with Crippen LogP contribution in [0, 0.1) is 6.92 Å². The molecule has 0 aliphatic heterocycles. The molecule has 0 atom stereocenters. The zero-order valence-electron chi connectivity index (χ0n) is 16.2. The molecule has 5 nitrogen and oxygen atoms in total. The third-order valence-electron chi connectivity index (χ3n) is 5.30. The maximum absolute atomic E-state index is 5.87. The molecule has 0 amide bonds. The number of hydrogen-bond donors (Lipinski definition) is 0. The molecule has 5 heteroatoms. The van der Waals surface area contributed by atoms with Gasteiger partial charge in [-0.1, -0.05) is 42.5 Å². The van der Waals surface area contributed by atoms with E-state index in [9.17, 15) is 0 Å². The fourth-order valence-electron chi connectivity index (χ4n) is 3.88. The van der Waals surface area contributed by atoms with E-state index in [4.69, 9.17) is 14.4 Å². The highest BCUT2D eigenvalue weighted by Gasteiger charge is 2.13. The Morgan fingerprint density at radius 2 is 1.63 bits per heavy atom. The lowest BCUT2D eigenvalue weighted by atomic mass is 10.0. The number of pyridine rings is 1. The molecule has 0 fully saturated rings. The van der Waals surface area contributed by atoms with Crippen molar-refractivity contribution >= 4 is 32.8 Å². The Balaban J connectivity index is 1.50. The number of para-hydroxylation sites is 2. The predicted molar refractivity (Wildman–Crippen MR) is 118 cm³/mol. The highest BCUT2D eigenvalue weighted by atomic mass is 16.3. The molecular formula is C25H16N4O. The molecule has 6 aromatic rings. The van der Waals surface area contributed by atoms with Crippen molar-refractivity contribution in [1.82, 2.24) is 19.9 Å². The number of aromatic nitrogens is 4. The number of benzene rings is 3. The largest absolute Gasteiger partial charge is 0.435 e. The Hall–Kier alpha value is -4.12. The third kappa shape index (κ3) is 2.63. The van der Waals surface area contributed by atoms with Crippen LogP contribution in [0.2, 0.25) is 0 Å². The zero-order valence-corrected chi connectivity index (χ0v) is 16.2. The van der Waals surface area contributed by atoms with Gasteiger partial charge in [-0.05, 0) is 48.0 Å². The number of fused-ring (bicyclic) bond motifs is 4. The van der Waals surface area contributed by atoms with E-state index in [1.807, 2.05) is 55.5 Å². The average molecular weight is 388 g/mol. The molecule has 3 aromatic heterocycles. The maximum Gasteiger partial charge on any atom is 0.246 e. The second kappa shape index (κ2) is 6.46. The minimum absolute atomic E-state index is 0.488. The van der Waals surface area contributed by atoms with Gasteiger partial charge in [0.05, 0.1) is 5.52 Å². The van der Waals surface area contributed by atoms with E-state index in [1.165, 1.54) is 10.8 Å². The van der Waals surface area contributed by atoms with Crippen LogP contribution < -0.4 is 0 Å². The van der Waals surface area contributed by atoms with Crippen LogP contribution in [0.25, 0.3) is 55.7 Å². The Labute approximate surface area is 172 Å². The molecule has 3 heterocycles. The normalized spacial score (nSPS) is 11.5. The minimum atomic E-state index is 0.488. The van der Waals surface area contributed by atoms with Crippen molar-refractivity contribution in [3.05, 3.63) is 84.7 Å². The van der Waals surface area contributed by atoms with Crippen LogP contribution >= 0.6 is 0 Å². The first-order valence-corrected chi connectivity index (χ1v) is 9.75. The van der Waals surface area contributed by atoms with Crippen LogP contribution in [0.1, 0.15) is 5.69 Å². The van der Waals surface area contributed by atoms with Gasteiger partial charge < -0.3 is 4.42 Å². The first-order valence-electron chi connectivity index (χ1n) is 9.75. The number of oxazole rings is 1. The van der Waals surface area contributed by atoms with E-state index < -0.39 is 0 Å². The number of nitrogens with zero attached hydrogens (tertiary/aromatic N) is 4. The maximum atomic E-state index is 5.87. The monoisotopic (exact) mass is 388 g/mol. The van der Waals surface area contributed by atoms with Crippen molar-refractivity contribution in [3.8, 4) is 23.0 Å². The summed E-state index contributed by atoms with van der Waals surface area (Å²) >= 11 is 0. The lowest BCUT2D eigenvalue weighted by Crippen LogP contribution is -1.96. The number of hydrogen-bond acceptors (Lipinski definition) is 5. The summed E-state index contributed by atoms with van der Waals surface area (Å²) in [6.07, 6.45) is 1.74. The van der Waals surface area contributed by atoms with Gasteiger partial charge in [0.1, 0.15) is 11.2 Å². The van der Waals surface area contributed by atoms with Gasteiger partial charge in [0.2, 0.25) is 5.89 Å². The fourth-order valence-corrected chi connectivity index (χ4v) is 3.88. The van der Waals surface area contributed by atoms with Crippen molar-refractivity contribution in [3.63, 3.8) is 0 Å². The molecule has 0 radical (unpaired) electrons. The lowest BCUT2D eigenvalue weighted by molar-refractivity contribution is 0.617. The first-order chi connectivity index (χ1) is 14.8. The molecule has 3 aromatic carbocycles. The summed E-state index contributed by atoms with van der Waals surface area (Å²) in [6, 6.07) is 24.0. The van der Waals surface area contributed by atoms with Gasteiger partial charge in [0.15, 0.2) is 11.4 Å². The third-order valence-corrected chi connectivity index (χ3v) is 5.30. The molecule has 0 aliphatic carbocycles. The summed E-state index contributed by atoms with van der Waals surface area (Å²) in [4.78, 5) is 18.6. The van der Waals surface area contributed by atoms with Crippen LogP contribution in [0.5, 0.6) is 0 Å². The van der Waals surface area contributed by atoms with Gasteiger partial charge in [-0.2, -0.15) is 0 Å². The average Bonchev–Trinajstić information content (AvgIpc) is 3.23. The number of aryl methyl sites for hydroxylation is 1. The minimum Gasteiger partial charge on any atom is -0.435 e. The molecule has 30 heavy (non-hydrogen) atoms. The predicted octanol–water partition coefficient (Wildman–Crippen LogP) is 5.96. The van der Waals surface area contributed by atoms with Crippen LogP contribution in [0.15, 0.2) is 83.4 Å². The fraction of sp³-hybridized carbons (Fsp3) is 0.0400. The van der Waals surface area contributed by atoms with Gasteiger partial charge in [0, 0.05) is 22.8 Å². The molecule has 0 aliphatic rings. The molecule has 0 spiro atoms. The first kappa shape index (κ1) is 16.8. The van der Waals surface area contributed by atoms with Gasteiger partial charge in [-0.15, -0.1) is 0 Å². The van der Waals surface area contributed by atoms with Crippen LogP contribution in [0.3, 0.4) is 0 Å². The Morgan fingerprint density at radius 1 is 0.767 bits per heavy atom. The molecule has 142 valence electrons. The molecule has 0 bridgehead atoms. The van der Waals surface area contributed by atoms with Crippen LogP contribution in [-0.4, -0.2) is 19.9 Å². The van der Waals surface area contributed by atoms with Crippen molar-refractivity contribution in [1.29, 1.82) is 0 Å². The Morgan fingerprint density at radius 3 is 2.57 bits per heavy atom.